The van der Waals surface area contributed by atoms with Gasteiger partial charge >= 0.3 is 6.18 Å². The largest absolute Gasteiger partial charge is 0.391 e. The van der Waals surface area contributed by atoms with Gasteiger partial charge in [-0.1, -0.05) is 50.1 Å². The summed E-state index contributed by atoms with van der Waals surface area (Å²) in [5, 5.41) is 0.417. The third-order valence-electron chi connectivity index (χ3n) is 2.50. The monoisotopic (exact) mass is 388 g/mol. The van der Waals surface area contributed by atoms with E-state index in [4.69, 9.17) is 4.74 Å². The molecule has 0 heterocycles. The van der Waals surface area contributed by atoms with Gasteiger partial charge in [0, 0.05) is 9.80 Å². The molecule has 1 aromatic rings. The zero-order valence-corrected chi connectivity index (χ0v) is 12.9. The molecule has 0 saturated carbocycles. The molecule has 0 amide bonds. The molecule has 0 spiro atoms. The van der Waals surface area contributed by atoms with Crippen molar-refractivity contribution < 1.29 is 17.9 Å². The number of benzene rings is 1. The summed E-state index contributed by atoms with van der Waals surface area (Å²) in [6.45, 7) is 1.41. The zero-order chi connectivity index (χ0) is 13.8. The van der Waals surface area contributed by atoms with Gasteiger partial charge in [-0.05, 0) is 18.6 Å². The van der Waals surface area contributed by atoms with E-state index in [0.29, 0.717) is 5.33 Å². The summed E-state index contributed by atoms with van der Waals surface area (Å²) in [5.41, 5.74) is 0.0368. The molecular formula is C12H13Br2F3O. The van der Waals surface area contributed by atoms with Gasteiger partial charge in [-0.25, -0.2) is 0 Å². The maximum Gasteiger partial charge on any atom is 0.391 e. The van der Waals surface area contributed by atoms with Gasteiger partial charge in [0.2, 0.25) is 0 Å². The van der Waals surface area contributed by atoms with E-state index in [1.807, 2.05) is 24.3 Å². The summed E-state index contributed by atoms with van der Waals surface area (Å²) < 4.78 is 42.6. The highest BCUT2D eigenvalue weighted by Crippen LogP contribution is 2.34. The van der Waals surface area contributed by atoms with Crippen LogP contribution in [0.4, 0.5) is 13.2 Å². The molecule has 0 aromatic heterocycles. The van der Waals surface area contributed by atoms with Crippen LogP contribution in [0.15, 0.2) is 28.7 Å². The lowest BCUT2D eigenvalue weighted by molar-refractivity contribution is -0.155. The van der Waals surface area contributed by atoms with E-state index >= 15 is 0 Å². The van der Waals surface area contributed by atoms with Crippen LogP contribution in [0.25, 0.3) is 0 Å². The van der Waals surface area contributed by atoms with Crippen LogP contribution in [0.5, 0.6) is 0 Å². The minimum absolute atomic E-state index is 0.354. The number of alkyl halides is 4. The van der Waals surface area contributed by atoms with Crippen LogP contribution < -0.4 is 0 Å². The molecule has 0 saturated heterocycles. The molecule has 0 N–H and O–H groups in total. The van der Waals surface area contributed by atoms with Gasteiger partial charge in [0.25, 0.3) is 0 Å². The van der Waals surface area contributed by atoms with Crippen LogP contribution in [-0.2, 0) is 10.3 Å². The van der Waals surface area contributed by atoms with Gasteiger partial charge in [-0.3, -0.25) is 0 Å². The highest BCUT2D eigenvalue weighted by molar-refractivity contribution is 9.10. The van der Waals surface area contributed by atoms with Gasteiger partial charge < -0.3 is 4.74 Å². The smallest absolute Gasteiger partial charge is 0.369 e. The number of ether oxygens (including phenoxy) is 1. The summed E-state index contributed by atoms with van der Waals surface area (Å²) >= 11 is 6.68. The predicted molar refractivity (Wildman–Crippen MR) is 71.9 cm³/mol. The molecule has 0 aliphatic rings. The Balaban J connectivity index is 2.77. The van der Waals surface area contributed by atoms with Crippen LogP contribution >= 0.6 is 31.9 Å². The Kier molecular flexibility index (Phi) is 5.67. The Morgan fingerprint density at radius 1 is 1.22 bits per heavy atom. The third-order valence-corrected chi connectivity index (χ3v) is 4.27. The predicted octanol–water partition coefficient (Wildman–Crippen LogP) is 5.03. The molecule has 1 nitrogen and oxygen atoms in total. The van der Waals surface area contributed by atoms with E-state index in [1.54, 1.807) is 6.92 Å². The maximum absolute atomic E-state index is 12.1. The fraction of sp³-hybridized carbons (Fsp3) is 0.500. The molecule has 102 valence electrons. The Morgan fingerprint density at radius 3 is 2.33 bits per heavy atom. The summed E-state index contributed by atoms with van der Waals surface area (Å²) in [6.07, 6.45) is -5.14. The van der Waals surface area contributed by atoms with Crippen LogP contribution in [0.1, 0.15) is 18.9 Å². The molecule has 0 aliphatic heterocycles. The topological polar surface area (TPSA) is 9.23 Å². The first-order valence-corrected chi connectivity index (χ1v) is 7.21. The van der Waals surface area contributed by atoms with E-state index in [2.05, 4.69) is 31.9 Å². The van der Waals surface area contributed by atoms with Gasteiger partial charge in [0.1, 0.15) is 5.60 Å². The summed E-state index contributed by atoms with van der Waals surface area (Å²) in [6, 6.07) is 7.34. The van der Waals surface area contributed by atoms with Crippen molar-refractivity contribution in [3.8, 4) is 0 Å². The van der Waals surface area contributed by atoms with Crippen molar-refractivity contribution in [2.45, 2.75) is 25.1 Å². The standard InChI is InChI=1S/C12H13Br2F3O/c1-11(8-13,18-7-6-12(15,16)17)9-4-2-3-5-10(9)14/h2-5H,6-8H2,1H3. The molecule has 6 heteroatoms. The van der Waals surface area contributed by atoms with E-state index < -0.39 is 18.2 Å². The fourth-order valence-electron chi connectivity index (χ4n) is 1.47. The molecule has 1 rings (SSSR count). The average Bonchev–Trinajstić information content (AvgIpc) is 2.27. The lowest BCUT2D eigenvalue weighted by Crippen LogP contribution is -2.30. The first-order valence-electron chi connectivity index (χ1n) is 5.30. The van der Waals surface area contributed by atoms with E-state index in [-0.39, 0.29) is 6.61 Å². The normalized spacial score (nSPS) is 15.4. The minimum Gasteiger partial charge on any atom is -0.369 e. The Bertz CT molecular complexity index is 395. The van der Waals surface area contributed by atoms with Crippen LogP contribution in [0.2, 0.25) is 0 Å². The molecule has 0 radical (unpaired) electrons. The second-order valence-electron chi connectivity index (χ2n) is 4.06. The lowest BCUT2D eigenvalue weighted by atomic mass is 9.98. The quantitative estimate of drug-likeness (QED) is 0.642. The van der Waals surface area contributed by atoms with Crippen LogP contribution in [0.3, 0.4) is 0 Å². The second kappa shape index (κ2) is 6.39. The van der Waals surface area contributed by atoms with Crippen molar-refractivity contribution in [1.82, 2.24) is 0 Å². The van der Waals surface area contributed by atoms with E-state index in [9.17, 15) is 13.2 Å². The number of halogens is 5. The van der Waals surface area contributed by atoms with Gasteiger partial charge in [-0.15, -0.1) is 0 Å². The molecule has 0 aliphatic carbocycles. The lowest BCUT2D eigenvalue weighted by Gasteiger charge is -2.29. The summed E-state index contributed by atoms with van der Waals surface area (Å²) in [5.74, 6) is 0. The Morgan fingerprint density at radius 2 is 1.83 bits per heavy atom. The van der Waals surface area contributed by atoms with Crippen LogP contribution in [-0.4, -0.2) is 18.1 Å². The first-order chi connectivity index (χ1) is 8.28. The molecule has 0 fully saturated rings. The molecular weight excluding hydrogens is 377 g/mol. The van der Waals surface area contributed by atoms with Crippen molar-refractivity contribution in [3.05, 3.63) is 34.3 Å². The fourth-order valence-corrected chi connectivity index (χ4v) is 2.64. The average molecular weight is 390 g/mol. The van der Waals surface area contributed by atoms with Crippen molar-refractivity contribution in [3.63, 3.8) is 0 Å². The zero-order valence-electron chi connectivity index (χ0n) is 9.73. The highest BCUT2D eigenvalue weighted by Gasteiger charge is 2.32. The van der Waals surface area contributed by atoms with Crippen LogP contribution in [0, 0.1) is 0 Å². The van der Waals surface area contributed by atoms with Gasteiger partial charge in [-0.2, -0.15) is 13.2 Å². The van der Waals surface area contributed by atoms with Crippen molar-refractivity contribution in [2.24, 2.45) is 0 Å². The van der Waals surface area contributed by atoms with Crippen molar-refractivity contribution in [1.29, 1.82) is 0 Å². The van der Waals surface area contributed by atoms with E-state index in [0.717, 1.165) is 10.0 Å². The minimum atomic E-state index is -4.19. The Labute approximate surface area is 121 Å². The number of hydrogen-bond donors (Lipinski definition) is 0. The van der Waals surface area contributed by atoms with Gasteiger partial charge in [0.05, 0.1) is 13.0 Å². The summed E-state index contributed by atoms with van der Waals surface area (Å²) in [7, 11) is 0. The first kappa shape index (κ1) is 16.0. The third kappa shape index (κ3) is 4.55. The summed E-state index contributed by atoms with van der Waals surface area (Å²) in [4.78, 5) is 0. The molecule has 1 unspecified atom stereocenters. The Hall–Kier alpha value is -0.0700. The van der Waals surface area contributed by atoms with E-state index in [1.165, 1.54) is 0 Å². The van der Waals surface area contributed by atoms with Crippen molar-refractivity contribution >= 4 is 31.9 Å². The van der Waals surface area contributed by atoms with Gasteiger partial charge in [0.15, 0.2) is 0 Å². The molecule has 18 heavy (non-hydrogen) atoms. The highest BCUT2D eigenvalue weighted by atomic mass is 79.9. The number of hydrogen-bond acceptors (Lipinski definition) is 1. The maximum atomic E-state index is 12.1. The van der Waals surface area contributed by atoms with Crippen molar-refractivity contribution in [2.75, 3.05) is 11.9 Å². The second-order valence-corrected chi connectivity index (χ2v) is 5.47. The SMILES string of the molecule is CC(CBr)(OCCC(F)(F)F)c1ccccc1Br. The molecule has 0 bridgehead atoms. The molecule has 1 atom stereocenters. The number of rotatable bonds is 5. The molecule has 1 aromatic carbocycles.